The molecule has 0 spiro atoms. The fourth-order valence-corrected chi connectivity index (χ4v) is 12.0. The number of allylic oxidation sites excluding steroid dienone is 20. The number of carbonyl (C=O) groups excluding carboxylic acids is 4. The number of ether oxygens (including phenoxy) is 4. The number of aliphatic hydroxyl groups excluding tert-OH is 1. The van der Waals surface area contributed by atoms with E-state index in [1.807, 2.05) is 24.3 Å². The molecule has 0 aromatic rings. The molecule has 5 atom stereocenters. The summed E-state index contributed by atoms with van der Waals surface area (Å²) in [7, 11) is -9.98. The highest BCUT2D eigenvalue weighted by atomic mass is 31.2. The summed E-state index contributed by atoms with van der Waals surface area (Å²) in [6.07, 6.45) is 81.9. The predicted molar refractivity (Wildman–Crippen MR) is 418 cm³/mol. The molecule has 0 aromatic heterocycles. The fourth-order valence-electron chi connectivity index (χ4n) is 10.5. The number of phosphoric ester groups is 2. The Labute approximate surface area is 619 Å². The summed E-state index contributed by atoms with van der Waals surface area (Å²) in [4.78, 5) is 72.9. The van der Waals surface area contributed by atoms with Gasteiger partial charge in [0.15, 0.2) is 12.2 Å². The molecular formula is C83H142O17P2. The number of esters is 4. The lowest BCUT2D eigenvalue weighted by molar-refractivity contribution is -0.161. The normalized spacial score (nSPS) is 14.5. The first-order valence-corrected chi connectivity index (χ1v) is 42.8. The molecule has 0 rings (SSSR count). The molecule has 0 bridgehead atoms. The van der Waals surface area contributed by atoms with Gasteiger partial charge in [-0.2, -0.15) is 0 Å². The molecule has 5 unspecified atom stereocenters. The molecule has 0 radical (unpaired) electrons. The third-order valence-corrected chi connectivity index (χ3v) is 18.4. The quantitative estimate of drug-likeness (QED) is 0.0169. The van der Waals surface area contributed by atoms with Crippen molar-refractivity contribution < 1.29 is 80.2 Å². The van der Waals surface area contributed by atoms with E-state index in [2.05, 4.69) is 125 Å². The van der Waals surface area contributed by atoms with Gasteiger partial charge in [-0.05, 0) is 103 Å². The molecule has 0 fully saturated rings. The zero-order valence-electron chi connectivity index (χ0n) is 64.0. The highest BCUT2D eigenvalue weighted by molar-refractivity contribution is 7.47. The summed E-state index contributed by atoms with van der Waals surface area (Å²) >= 11 is 0. The van der Waals surface area contributed by atoms with Crippen LogP contribution in [0.25, 0.3) is 0 Å². The number of aliphatic hydroxyl groups is 1. The van der Waals surface area contributed by atoms with E-state index in [1.54, 1.807) is 0 Å². The van der Waals surface area contributed by atoms with Gasteiger partial charge in [-0.15, -0.1) is 0 Å². The van der Waals surface area contributed by atoms with Crippen LogP contribution in [0.15, 0.2) is 122 Å². The zero-order chi connectivity index (χ0) is 74.6. The maximum absolute atomic E-state index is 13.1. The first-order chi connectivity index (χ1) is 49.7. The Morgan fingerprint density at radius 3 is 0.775 bits per heavy atom. The van der Waals surface area contributed by atoms with Crippen LogP contribution in [-0.2, 0) is 65.4 Å². The molecule has 102 heavy (non-hydrogen) atoms. The van der Waals surface area contributed by atoms with Gasteiger partial charge in [0.1, 0.15) is 19.3 Å². The van der Waals surface area contributed by atoms with E-state index < -0.39 is 97.5 Å². The molecule has 0 amide bonds. The van der Waals surface area contributed by atoms with Gasteiger partial charge in [-0.3, -0.25) is 37.3 Å². The molecule has 3 N–H and O–H groups in total. The van der Waals surface area contributed by atoms with E-state index in [4.69, 9.17) is 37.0 Å². The molecule has 17 nitrogen and oxygen atoms in total. The zero-order valence-corrected chi connectivity index (χ0v) is 65.8. The van der Waals surface area contributed by atoms with Gasteiger partial charge in [-0.25, -0.2) is 9.13 Å². The van der Waals surface area contributed by atoms with Crippen molar-refractivity contribution in [3.05, 3.63) is 122 Å². The van der Waals surface area contributed by atoms with Crippen LogP contribution in [0.1, 0.15) is 323 Å². The SMILES string of the molecule is CC/C=C\C/C=C\C/C=C\C/C=C\C/C=C\CCCC(=O)OCC(COP(=O)(O)OCC(O)COP(=O)(O)OCC(COC(=O)CCC/C=C\C/C=C\C/C=C\C/C=C\C/C=C\CC)OC(=O)CCCCCCCCCCCCCCCCC)OC(=O)CCCCCCCCCCCCCCC. The second-order valence-electron chi connectivity index (χ2n) is 26.3. The van der Waals surface area contributed by atoms with Crippen molar-refractivity contribution in [3.8, 4) is 0 Å². The van der Waals surface area contributed by atoms with Gasteiger partial charge in [0.05, 0.1) is 26.4 Å². The molecule has 0 saturated heterocycles. The van der Waals surface area contributed by atoms with Crippen molar-refractivity contribution in [1.29, 1.82) is 0 Å². The maximum atomic E-state index is 13.1. The number of rotatable bonds is 74. The molecule has 19 heteroatoms. The molecule has 0 saturated carbocycles. The number of carbonyl (C=O) groups is 4. The van der Waals surface area contributed by atoms with E-state index in [0.29, 0.717) is 38.5 Å². The third-order valence-electron chi connectivity index (χ3n) is 16.5. The second-order valence-corrected chi connectivity index (χ2v) is 29.2. The van der Waals surface area contributed by atoms with Crippen molar-refractivity contribution in [2.24, 2.45) is 0 Å². The van der Waals surface area contributed by atoms with E-state index in [0.717, 1.165) is 116 Å². The van der Waals surface area contributed by atoms with E-state index in [1.165, 1.54) is 116 Å². The molecule has 586 valence electrons. The number of hydrogen-bond acceptors (Lipinski definition) is 15. The summed E-state index contributed by atoms with van der Waals surface area (Å²) in [5, 5.41) is 10.6. The van der Waals surface area contributed by atoms with Gasteiger partial charge in [-0.1, -0.05) is 316 Å². The van der Waals surface area contributed by atoms with Crippen LogP contribution in [-0.4, -0.2) is 96.7 Å². The topological polar surface area (TPSA) is 237 Å². The van der Waals surface area contributed by atoms with Gasteiger partial charge >= 0.3 is 39.5 Å². The van der Waals surface area contributed by atoms with Crippen LogP contribution in [0.4, 0.5) is 0 Å². The van der Waals surface area contributed by atoms with Gasteiger partial charge in [0.2, 0.25) is 0 Å². The van der Waals surface area contributed by atoms with Crippen LogP contribution in [0.2, 0.25) is 0 Å². The lowest BCUT2D eigenvalue weighted by Gasteiger charge is -2.21. The monoisotopic (exact) mass is 1470 g/mol. The summed E-state index contributed by atoms with van der Waals surface area (Å²) in [5.41, 5.74) is 0. The van der Waals surface area contributed by atoms with Crippen molar-refractivity contribution in [3.63, 3.8) is 0 Å². The highest BCUT2D eigenvalue weighted by Crippen LogP contribution is 2.45. The first kappa shape index (κ1) is 97.5. The fraction of sp³-hybridized carbons (Fsp3) is 0.711. The lowest BCUT2D eigenvalue weighted by atomic mass is 10.0. The van der Waals surface area contributed by atoms with Crippen LogP contribution in [0.5, 0.6) is 0 Å². The molecule has 0 aromatic carbocycles. The van der Waals surface area contributed by atoms with Crippen LogP contribution in [0, 0.1) is 0 Å². The second kappa shape index (κ2) is 74.7. The lowest BCUT2D eigenvalue weighted by Crippen LogP contribution is -2.30. The van der Waals surface area contributed by atoms with E-state index in [-0.39, 0.29) is 25.7 Å². The number of phosphoric acid groups is 2. The van der Waals surface area contributed by atoms with Crippen molar-refractivity contribution in [2.45, 2.75) is 341 Å². The summed E-state index contributed by atoms with van der Waals surface area (Å²) in [6, 6.07) is 0. The number of unbranched alkanes of at least 4 members (excludes halogenated alkanes) is 28. The molecule has 0 heterocycles. The minimum absolute atomic E-state index is 0.0825. The first-order valence-electron chi connectivity index (χ1n) is 39.8. The van der Waals surface area contributed by atoms with Crippen molar-refractivity contribution in [2.75, 3.05) is 39.6 Å². The summed E-state index contributed by atoms with van der Waals surface area (Å²) in [5.74, 6) is -2.30. The molecular weight excluding hydrogens is 1330 g/mol. The highest BCUT2D eigenvalue weighted by Gasteiger charge is 2.30. The molecule has 0 aliphatic carbocycles. The third kappa shape index (κ3) is 73.8. The predicted octanol–water partition coefficient (Wildman–Crippen LogP) is 23.1. The van der Waals surface area contributed by atoms with Crippen LogP contribution < -0.4 is 0 Å². The van der Waals surface area contributed by atoms with Gasteiger partial charge in [0, 0.05) is 25.7 Å². The van der Waals surface area contributed by atoms with Crippen molar-refractivity contribution in [1.82, 2.24) is 0 Å². The van der Waals surface area contributed by atoms with Gasteiger partial charge in [0.25, 0.3) is 0 Å². The van der Waals surface area contributed by atoms with Gasteiger partial charge < -0.3 is 33.8 Å². The number of hydrogen-bond donors (Lipinski definition) is 3. The largest absolute Gasteiger partial charge is 0.472 e. The maximum Gasteiger partial charge on any atom is 0.472 e. The minimum atomic E-state index is -4.99. The Morgan fingerprint density at radius 1 is 0.284 bits per heavy atom. The Bertz CT molecular complexity index is 2410. The molecule has 0 aliphatic rings. The Kier molecular flexibility index (Phi) is 71.4. The Balaban J connectivity index is 5.43. The molecule has 0 aliphatic heterocycles. The minimum Gasteiger partial charge on any atom is -0.462 e. The van der Waals surface area contributed by atoms with Crippen molar-refractivity contribution >= 4 is 39.5 Å². The Hall–Kier alpha value is -4.54. The van der Waals surface area contributed by atoms with E-state index in [9.17, 15) is 43.2 Å². The average Bonchev–Trinajstić information content (AvgIpc) is 0.908. The summed E-state index contributed by atoms with van der Waals surface area (Å²) in [6.45, 7) is 4.55. The average molecular weight is 1470 g/mol. The Morgan fingerprint density at radius 2 is 0.510 bits per heavy atom. The van der Waals surface area contributed by atoms with E-state index >= 15 is 0 Å². The smallest absolute Gasteiger partial charge is 0.462 e. The standard InChI is InChI=1S/C83H142O17P2/c1-5-9-13-17-21-25-29-33-36-38-41-44-47-51-55-59-63-67-80(85)93-73-78(99-82(87)69-65-61-57-53-49-43-32-28-24-20-16-12-8-4)75-97-101(89,90)95-71-77(84)72-96-102(91,92)98-76-79(100-83(88)70-66-62-58-54-50-46-40-35-31-27-23-19-15-11-7-3)74-94-81(86)68-64-60-56-52-48-45-42-39-37-34-30-26-22-18-14-10-6-2/h9-10,13-14,21-22,25-26,33-34,36-37,41-42,44-45,51-52,55-56,77-79,84H,5-8,11-12,15-20,23-24,27-32,35,38-40,43,46-50,53-54,57-76H2,1-4H3,(H,89,90)(H,91,92)/b13-9-,14-10-,25-21-,26-22-,36-33-,37-34-,44-41-,45-42-,55-51-,56-52-. The van der Waals surface area contributed by atoms with Crippen LogP contribution in [0.3, 0.4) is 0 Å². The van der Waals surface area contributed by atoms with Crippen LogP contribution >= 0.6 is 15.6 Å². The summed E-state index contributed by atoms with van der Waals surface area (Å²) < 4.78 is 68.5.